The Morgan fingerprint density at radius 1 is 1.14 bits per heavy atom. The largest absolute Gasteiger partial charge is 0.417 e. The van der Waals surface area contributed by atoms with Gasteiger partial charge in [-0.2, -0.15) is 23.3 Å². The molecule has 2 atom stereocenters. The van der Waals surface area contributed by atoms with E-state index in [1.807, 2.05) is 12.1 Å². The molecule has 7 rings (SSSR count). The summed E-state index contributed by atoms with van der Waals surface area (Å²) < 4.78 is 74.4. The van der Waals surface area contributed by atoms with E-state index in [0.29, 0.717) is 18.2 Å². The van der Waals surface area contributed by atoms with Gasteiger partial charge in [-0.05, 0) is 72.3 Å². The lowest BCUT2D eigenvalue weighted by Crippen LogP contribution is -2.58. The van der Waals surface area contributed by atoms with E-state index in [1.165, 1.54) is 10.6 Å². The van der Waals surface area contributed by atoms with Gasteiger partial charge in [0.1, 0.15) is 17.5 Å². The number of nitrogens with zero attached hydrogens (tertiary/aromatic N) is 6. The van der Waals surface area contributed by atoms with Gasteiger partial charge in [-0.1, -0.05) is 6.58 Å². The molecule has 0 spiro atoms. The summed E-state index contributed by atoms with van der Waals surface area (Å²) in [5.41, 5.74) is -1.55. The number of alkyl halides is 3. The minimum absolute atomic E-state index is 0.0715. The normalized spacial score (nSPS) is 17.9. The van der Waals surface area contributed by atoms with Crippen LogP contribution in [0.25, 0.3) is 33.1 Å². The molecule has 49 heavy (non-hydrogen) atoms. The summed E-state index contributed by atoms with van der Waals surface area (Å²) >= 11 is 4.06. The number of nitrogens with one attached hydrogen (secondary N) is 1. The molecule has 5 aromatic rings. The highest BCUT2D eigenvalue weighted by atomic mass is 79.9. The van der Waals surface area contributed by atoms with Crippen LogP contribution in [0, 0.1) is 11.6 Å². The molecule has 1 fully saturated rings. The predicted molar refractivity (Wildman–Crippen MR) is 181 cm³/mol. The van der Waals surface area contributed by atoms with E-state index in [-0.39, 0.29) is 63.7 Å². The molecule has 0 radical (unpaired) electrons. The van der Waals surface area contributed by atoms with E-state index < -0.39 is 40.2 Å². The zero-order valence-corrected chi connectivity index (χ0v) is 28.6. The topological polar surface area (TPSA) is 100 Å². The second-order valence-electron chi connectivity index (χ2n) is 11.7. The van der Waals surface area contributed by atoms with Gasteiger partial charge in [-0.25, -0.2) is 18.6 Å². The molecule has 1 N–H and O–H groups in total. The van der Waals surface area contributed by atoms with Crippen LogP contribution in [0.15, 0.2) is 69.5 Å². The van der Waals surface area contributed by atoms with Crippen LogP contribution >= 0.6 is 27.7 Å². The van der Waals surface area contributed by atoms with Crippen molar-refractivity contribution in [2.45, 2.75) is 50.0 Å². The Bertz CT molecular complexity index is 2110. The highest BCUT2D eigenvalue weighted by Gasteiger charge is 2.40. The molecule has 1 amide bonds. The van der Waals surface area contributed by atoms with Crippen molar-refractivity contribution < 1.29 is 26.7 Å². The number of amides is 1. The van der Waals surface area contributed by atoms with Crippen LogP contribution in [0.3, 0.4) is 0 Å². The lowest BCUT2D eigenvalue weighted by molar-refractivity contribution is -0.137. The Balaban J connectivity index is 0.000000396. The summed E-state index contributed by atoms with van der Waals surface area (Å²) in [7, 11) is 0. The summed E-state index contributed by atoms with van der Waals surface area (Å²) in [5, 5.41) is 7.73. The molecular formula is C33H29BrF5N7O2S. The van der Waals surface area contributed by atoms with Gasteiger partial charge in [0.2, 0.25) is 5.91 Å². The third kappa shape index (κ3) is 6.55. The fourth-order valence-corrected chi connectivity index (χ4v) is 7.94. The van der Waals surface area contributed by atoms with Crippen molar-refractivity contribution >= 4 is 61.4 Å². The number of rotatable bonds is 3. The molecule has 1 saturated heterocycles. The molecule has 16 heteroatoms. The Morgan fingerprint density at radius 2 is 1.88 bits per heavy atom. The number of piperazine rings is 1. The van der Waals surface area contributed by atoms with Gasteiger partial charge in [-0.15, -0.1) is 11.8 Å². The molecule has 3 aromatic heterocycles. The molecule has 256 valence electrons. The van der Waals surface area contributed by atoms with Gasteiger partial charge in [0.25, 0.3) is 0 Å². The standard InChI is InChI=1S/C27H24BrF5N4O2S.C6H5N3/c1-4-21(38)37-13(2)11-35(12-14(37)3)25-16-8-17(27(31,32)33)22(15-9-18(28)20(30)10-19(15)29)24-23(16)36(26(39)34-25)6-5-7-40-24;1-2-5-4-8-9-6(5)7-3-1/h4,8-10,13-14H,1,5-7,11-12H2,2-3H3;1-4H,(H,7,8,9). The molecular weight excluding hydrogens is 733 g/mol. The van der Waals surface area contributed by atoms with Crippen molar-refractivity contribution in [1.29, 1.82) is 0 Å². The van der Waals surface area contributed by atoms with Crippen molar-refractivity contribution in [3.8, 4) is 11.1 Å². The number of hydrogen-bond acceptors (Lipinski definition) is 7. The van der Waals surface area contributed by atoms with Crippen LogP contribution in [0.1, 0.15) is 25.8 Å². The number of aromatic nitrogens is 5. The maximum absolute atomic E-state index is 15.1. The number of H-pyrrole nitrogens is 1. The fourth-order valence-electron chi connectivity index (χ4n) is 6.40. The highest BCUT2D eigenvalue weighted by molar-refractivity contribution is 9.10. The van der Waals surface area contributed by atoms with Gasteiger partial charge in [0, 0.05) is 70.8 Å². The van der Waals surface area contributed by atoms with Crippen LogP contribution < -0.4 is 10.6 Å². The van der Waals surface area contributed by atoms with Crippen molar-refractivity contribution in [2.75, 3.05) is 23.7 Å². The average Bonchev–Trinajstić information content (AvgIpc) is 3.42. The minimum atomic E-state index is -4.91. The van der Waals surface area contributed by atoms with Crippen LogP contribution in [-0.2, 0) is 17.5 Å². The maximum atomic E-state index is 15.1. The van der Waals surface area contributed by atoms with Crippen molar-refractivity contribution in [2.24, 2.45) is 0 Å². The Hall–Kier alpha value is -4.31. The first kappa shape index (κ1) is 34.5. The van der Waals surface area contributed by atoms with Gasteiger partial charge >= 0.3 is 11.9 Å². The first-order valence-corrected chi connectivity index (χ1v) is 17.0. The van der Waals surface area contributed by atoms with Gasteiger partial charge in [0.05, 0.1) is 21.7 Å². The van der Waals surface area contributed by atoms with E-state index in [0.717, 1.165) is 34.9 Å². The zero-order chi connectivity index (χ0) is 35.2. The molecule has 5 heterocycles. The summed E-state index contributed by atoms with van der Waals surface area (Å²) in [6.07, 6.45) is 0.264. The summed E-state index contributed by atoms with van der Waals surface area (Å²) in [6, 6.07) is 5.60. The summed E-state index contributed by atoms with van der Waals surface area (Å²) in [5.74, 6) is -1.92. The number of benzene rings is 2. The van der Waals surface area contributed by atoms with Gasteiger partial charge in [0.15, 0.2) is 5.65 Å². The second-order valence-corrected chi connectivity index (χ2v) is 13.7. The van der Waals surface area contributed by atoms with Gasteiger partial charge in [-0.3, -0.25) is 14.5 Å². The molecule has 2 aliphatic heterocycles. The van der Waals surface area contributed by atoms with E-state index in [9.17, 15) is 27.2 Å². The van der Waals surface area contributed by atoms with E-state index >= 15 is 4.39 Å². The zero-order valence-electron chi connectivity index (χ0n) is 26.2. The number of hydrogen-bond donors (Lipinski definition) is 1. The Morgan fingerprint density at radius 3 is 2.55 bits per heavy atom. The number of carbonyl (C=O) groups excluding carboxylic acids is 1. The third-order valence-corrected chi connectivity index (χ3v) is 10.2. The molecule has 0 bridgehead atoms. The quantitative estimate of drug-likeness (QED) is 0.118. The number of carbonyl (C=O) groups is 1. The number of fused-ring (bicyclic) bond motifs is 1. The third-order valence-electron chi connectivity index (χ3n) is 8.42. The first-order valence-electron chi connectivity index (χ1n) is 15.2. The molecule has 0 aliphatic carbocycles. The SMILES string of the molecule is C=CC(=O)N1C(C)CN(c2nc(=O)n3c4c(c(-c5cc(Br)c(F)cc5F)c(C(F)(F)F)cc24)SCCC3)CC1C.c1cnc2[nH]ncc2c1. The number of aryl methyl sites for hydroxylation is 1. The van der Waals surface area contributed by atoms with Crippen molar-refractivity contribution in [3.05, 3.63) is 87.5 Å². The van der Waals surface area contributed by atoms with E-state index in [4.69, 9.17) is 0 Å². The Kier molecular flexibility index (Phi) is 9.55. The Labute approximate surface area is 289 Å². The number of halogens is 6. The number of pyridine rings is 1. The lowest BCUT2D eigenvalue weighted by Gasteiger charge is -2.44. The van der Waals surface area contributed by atoms with Crippen LogP contribution in [0.5, 0.6) is 0 Å². The van der Waals surface area contributed by atoms with Crippen LogP contribution in [-0.4, -0.2) is 66.5 Å². The van der Waals surface area contributed by atoms with E-state index in [2.05, 4.69) is 42.7 Å². The fraction of sp³-hybridized carbons (Fsp3) is 0.303. The van der Waals surface area contributed by atoms with E-state index in [1.54, 1.807) is 36.0 Å². The van der Waals surface area contributed by atoms with Crippen molar-refractivity contribution in [1.82, 2.24) is 29.6 Å². The highest BCUT2D eigenvalue weighted by Crippen LogP contribution is 2.49. The predicted octanol–water partition coefficient (Wildman–Crippen LogP) is 7.19. The molecule has 2 unspecified atom stereocenters. The maximum Gasteiger partial charge on any atom is 0.417 e. The second kappa shape index (κ2) is 13.5. The van der Waals surface area contributed by atoms with Crippen LogP contribution in [0.4, 0.5) is 27.8 Å². The van der Waals surface area contributed by atoms with Crippen molar-refractivity contribution in [3.63, 3.8) is 0 Å². The molecule has 2 aromatic carbocycles. The molecule has 9 nitrogen and oxygen atoms in total. The molecule has 2 aliphatic rings. The number of thioether (sulfide) groups is 1. The number of aromatic amines is 1. The summed E-state index contributed by atoms with van der Waals surface area (Å²) in [4.78, 5) is 37.4. The molecule has 0 saturated carbocycles. The smallest absolute Gasteiger partial charge is 0.352 e. The average molecular weight is 763 g/mol. The van der Waals surface area contributed by atoms with Crippen LogP contribution in [0.2, 0.25) is 0 Å². The van der Waals surface area contributed by atoms with Gasteiger partial charge < -0.3 is 9.80 Å². The number of anilines is 1. The summed E-state index contributed by atoms with van der Waals surface area (Å²) in [6.45, 7) is 7.81. The lowest BCUT2D eigenvalue weighted by atomic mass is 9.95. The first-order chi connectivity index (χ1) is 23.3. The monoisotopic (exact) mass is 761 g/mol. The minimum Gasteiger partial charge on any atom is -0.352 e.